The molecular formula is C16H16N4OS. The van der Waals surface area contributed by atoms with Crippen molar-refractivity contribution < 1.29 is 4.79 Å². The molecule has 112 valence electrons. The van der Waals surface area contributed by atoms with Gasteiger partial charge in [0.15, 0.2) is 5.78 Å². The van der Waals surface area contributed by atoms with Gasteiger partial charge in [-0.15, -0.1) is 21.5 Å². The molecule has 0 amide bonds. The standard InChI is InChI=1S/C16H16N4OS/c1-3-12-5-7-13(8-6-12)16-17-19-20(18-16)10-14(21)15-9-4-11(2)22-15/h4-9H,3,10H2,1-2H3. The lowest BCUT2D eigenvalue weighted by Gasteiger charge is -1.98. The SMILES string of the molecule is CCc1ccc(-c2nnn(CC(=O)c3ccc(C)s3)n2)cc1. The van der Waals surface area contributed by atoms with Crippen molar-refractivity contribution >= 4 is 17.1 Å². The minimum absolute atomic E-state index is 0.00313. The van der Waals surface area contributed by atoms with Crippen LogP contribution in [0.4, 0.5) is 0 Å². The Morgan fingerprint density at radius 3 is 2.59 bits per heavy atom. The number of aromatic nitrogens is 4. The Hall–Kier alpha value is -2.34. The molecule has 0 saturated heterocycles. The van der Waals surface area contributed by atoms with Gasteiger partial charge in [-0.3, -0.25) is 4.79 Å². The van der Waals surface area contributed by atoms with Gasteiger partial charge < -0.3 is 0 Å². The molecule has 0 saturated carbocycles. The number of hydrogen-bond donors (Lipinski definition) is 0. The van der Waals surface area contributed by atoms with Gasteiger partial charge in [0.1, 0.15) is 6.54 Å². The zero-order chi connectivity index (χ0) is 15.5. The normalized spacial score (nSPS) is 10.8. The molecular weight excluding hydrogens is 296 g/mol. The topological polar surface area (TPSA) is 60.7 Å². The number of nitrogens with zero attached hydrogens (tertiary/aromatic N) is 4. The summed E-state index contributed by atoms with van der Waals surface area (Å²) in [5.41, 5.74) is 2.17. The molecule has 5 nitrogen and oxygen atoms in total. The molecule has 0 aliphatic rings. The van der Waals surface area contributed by atoms with Crippen molar-refractivity contribution in [2.45, 2.75) is 26.8 Å². The number of hydrogen-bond acceptors (Lipinski definition) is 5. The van der Waals surface area contributed by atoms with Gasteiger partial charge in [0.25, 0.3) is 0 Å². The third-order valence-electron chi connectivity index (χ3n) is 3.37. The molecule has 3 rings (SSSR count). The molecule has 2 heterocycles. The smallest absolute Gasteiger partial charge is 0.204 e. The molecule has 0 aliphatic carbocycles. The largest absolute Gasteiger partial charge is 0.291 e. The number of tetrazole rings is 1. The second-order valence-corrected chi connectivity index (χ2v) is 6.32. The first-order valence-electron chi connectivity index (χ1n) is 7.12. The average molecular weight is 312 g/mol. The van der Waals surface area contributed by atoms with E-state index < -0.39 is 0 Å². The van der Waals surface area contributed by atoms with E-state index in [1.54, 1.807) is 0 Å². The third kappa shape index (κ3) is 3.12. The van der Waals surface area contributed by atoms with Crippen LogP contribution in [0.5, 0.6) is 0 Å². The van der Waals surface area contributed by atoms with Crippen molar-refractivity contribution in [2.75, 3.05) is 0 Å². The summed E-state index contributed by atoms with van der Waals surface area (Å²) in [6, 6.07) is 11.8. The predicted molar refractivity (Wildman–Crippen MR) is 86.0 cm³/mol. The van der Waals surface area contributed by atoms with Gasteiger partial charge in [-0.25, -0.2) is 0 Å². The molecule has 6 heteroatoms. The molecule has 22 heavy (non-hydrogen) atoms. The van der Waals surface area contributed by atoms with Crippen molar-refractivity contribution in [3.8, 4) is 11.4 Å². The average Bonchev–Trinajstić information content (AvgIpc) is 3.16. The number of ketones is 1. The summed E-state index contributed by atoms with van der Waals surface area (Å²) in [6.07, 6.45) is 0.995. The molecule has 0 bridgehead atoms. The highest BCUT2D eigenvalue weighted by atomic mass is 32.1. The van der Waals surface area contributed by atoms with Gasteiger partial charge in [0, 0.05) is 10.4 Å². The molecule has 0 aliphatic heterocycles. The summed E-state index contributed by atoms with van der Waals surface area (Å²) in [5.74, 6) is 0.543. The maximum Gasteiger partial charge on any atom is 0.204 e. The Morgan fingerprint density at radius 1 is 1.18 bits per heavy atom. The lowest BCUT2D eigenvalue weighted by molar-refractivity contribution is 0.0965. The minimum atomic E-state index is 0.00313. The van der Waals surface area contributed by atoms with Crippen molar-refractivity contribution in [2.24, 2.45) is 0 Å². The van der Waals surface area contributed by atoms with Gasteiger partial charge in [0.2, 0.25) is 5.82 Å². The lowest BCUT2D eigenvalue weighted by atomic mass is 10.1. The Bertz CT molecular complexity index is 789. The first kappa shape index (κ1) is 14.6. The summed E-state index contributed by atoms with van der Waals surface area (Å²) in [7, 11) is 0. The molecule has 0 atom stereocenters. The fourth-order valence-corrected chi connectivity index (χ4v) is 2.90. The fourth-order valence-electron chi connectivity index (χ4n) is 2.11. The van der Waals surface area contributed by atoms with Crippen LogP contribution in [0, 0.1) is 6.92 Å². The highest BCUT2D eigenvalue weighted by molar-refractivity contribution is 7.14. The van der Waals surface area contributed by atoms with E-state index in [4.69, 9.17) is 0 Å². The van der Waals surface area contributed by atoms with Crippen molar-refractivity contribution in [3.05, 3.63) is 51.7 Å². The van der Waals surface area contributed by atoms with E-state index in [9.17, 15) is 4.79 Å². The van der Waals surface area contributed by atoms with Crippen LogP contribution in [0.15, 0.2) is 36.4 Å². The number of benzene rings is 1. The van der Waals surface area contributed by atoms with Crippen LogP contribution in [-0.4, -0.2) is 26.0 Å². The van der Waals surface area contributed by atoms with Gasteiger partial charge in [0.05, 0.1) is 4.88 Å². The highest BCUT2D eigenvalue weighted by Gasteiger charge is 2.12. The summed E-state index contributed by atoms with van der Waals surface area (Å²) in [4.78, 5) is 15.3. The van der Waals surface area contributed by atoms with E-state index in [0.717, 1.165) is 21.7 Å². The molecule has 0 unspecified atom stereocenters. The Kier molecular flexibility index (Phi) is 4.11. The monoisotopic (exact) mass is 312 g/mol. The summed E-state index contributed by atoms with van der Waals surface area (Å²) >= 11 is 1.48. The number of thiophene rings is 1. The van der Waals surface area contributed by atoms with Crippen LogP contribution >= 0.6 is 11.3 Å². The maximum atomic E-state index is 12.1. The Balaban J connectivity index is 1.74. The summed E-state index contributed by atoms with van der Waals surface area (Å²) in [6.45, 7) is 4.20. The first-order chi connectivity index (χ1) is 10.7. The molecule has 0 N–H and O–H groups in total. The second kappa shape index (κ2) is 6.19. The minimum Gasteiger partial charge on any atom is -0.291 e. The van der Waals surface area contributed by atoms with E-state index in [0.29, 0.717) is 5.82 Å². The fraction of sp³-hybridized carbons (Fsp3) is 0.250. The van der Waals surface area contributed by atoms with Crippen molar-refractivity contribution in [1.29, 1.82) is 0 Å². The van der Waals surface area contributed by atoms with E-state index in [1.165, 1.54) is 21.7 Å². The number of aryl methyl sites for hydroxylation is 2. The van der Waals surface area contributed by atoms with Crippen molar-refractivity contribution in [1.82, 2.24) is 20.2 Å². The quantitative estimate of drug-likeness (QED) is 0.679. The van der Waals surface area contributed by atoms with Gasteiger partial charge in [-0.2, -0.15) is 4.80 Å². The van der Waals surface area contributed by atoms with E-state index in [2.05, 4.69) is 34.5 Å². The van der Waals surface area contributed by atoms with E-state index >= 15 is 0 Å². The van der Waals surface area contributed by atoms with Crippen LogP contribution in [0.3, 0.4) is 0 Å². The number of carbonyl (C=O) groups excluding carboxylic acids is 1. The molecule has 0 fully saturated rings. The summed E-state index contributed by atoms with van der Waals surface area (Å²) < 4.78 is 0. The van der Waals surface area contributed by atoms with Gasteiger partial charge >= 0.3 is 0 Å². The molecule has 1 aromatic carbocycles. The molecule has 0 spiro atoms. The van der Waals surface area contributed by atoms with E-state index in [-0.39, 0.29) is 12.3 Å². The van der Waals surface area contributed by atoms with Gasteiger partial charge in [-0.1, -0.05) is 31.2 Å². The van der Waals surface area contributed by atoms with Crippen molar-refractivity contribution in [3.63, 3.8) is 0 Å². The zero-order valence-corrected chi connectivity index (χ0v) is 13.3. The first-order valence-corrected chi connectivity index (χ1v) is 7.94. The van der Waals surface area contributed by atoms with Gasteiger partial charge in [-0.05, 0) is 36.3 Å². The lowest BCUT2D eigenvalue weighted by Crippen LogP contribution is -2.12. The highest BCUT2D eigenvalue weighted by Crippen LogP contribution is 2.17. The van der Waals surface area contributed by atoms with Crippen LogP contribution in [0.1, 0.15) is 27.0 Å². The third-order valence-corrected chi connectivity index (χ3v) is 4.42. The Morgan fingerprint density at radius 2 is 1.95 bits per heavy atom. The summed E-state index contributed by atoms with van der Waals surface area (Å²) in [5, 5.41) is 12.3. The van der Waals surface area contributed by atoms with E-state index in [1.807, 2.05) is 31.2 Å². The number of carbonyl (C=O) groups is 1. The second-order valence-electron chi connectivity index (χ2n) is 5.03. The molecule has 2 aromatic heterocycles. The molecule has 0 radical (unpaired) electrons. The molecule has 3 aromatic rings. The van der Waals surface area contributed by atoms with Crippen LogP contribution < -0.4 is 0 Å². The van der Waals surface area contributed by atoms with Crippen LogP contribution in [0.2, 0.25) is 0 Å². The predicted octanol–water partition coefficient (Wildman–Crippen LogP) is 3.16. The Labute approximate surface area is 132 Å². The number of Topliss-reactive ketones (excluding diaryl/α,β-unsaturated/α-hetero) is 1. The maximum absolute atomic E-state index is 12.1. The zero-order valence-electron chi connectivity index (χ0n) is 12.5. The van der Waals surface area contributed by atoms with Crippen LogP contribution in [0.25, 0.3) is 11.4 Å². The number of rotatable bonds is 5. The van der Waals surface area contributed by atoms with Crippen LogP contribution in [-0.2, 0) is 13.0 Å².